The van der Waals surface area contributed by atoms with Crippen molar-refractivity contribution in [2.75, 3.05) is 0 Å². The van der Waals surface area contributed by atoms with Gasteiger partial charge in [-0.2, -0.15) is 0 Å². The first-order valence-corrected chi connectivity index (χ1v) is 25.9. The van der Waals surface area contributed by atoms with Gasteiger partial charge in [0.1, 0.15) is 11.5 Å². The highest BCUT2D eigenvalue weighted by Gasteiger charge is 2.26. The molecule has 0 saturated carbocycles. The second kappa shape index (κ2) is 23.8. The molecule has 0 saturated heterocycles. The molecule has 3 N–H and O–H groups in total. The van der Waals surface area contributed by atoms with E-state index >= 15 is 0 Å². The Morgan fingerprint density at radius 2 is 0.500 bits per heavy atom. The summed E-state index contributed by atoms with van der Waals surface area (Å²) in [5.74, 6) is 1.73. The van der Waals surface area contributed by atoms with Crippen molar-refractivity contribution < 1.29 is 24.0 Å². The summed E-state index contributed by atoms with van der Waals surface area (Å²) >= 11 is 0. The van der Waals surface area contributed by atoms with E-state index < -0.39 is 7.82 Å². The van der Waals surface area contributed by atoms with Crippen molar-refractivity contribution >= 4 is 7.82 Å². The summed E-state index contributed by atoms with van der Waals surface area (Å²) in [6, 6.07) is 92.2. The number of rotatable bonds is 16. The topological polar surface area (TPSA) is 87.0 Å². The zero-order valence-corrected chi connectivity index (χ0v) is 41.0. The maximum Gasteiger partial charge on any atom is 0.466 e. The van der Waals surface area contributed by atoms with E-state index in [2.05, 4.69) is 255 Å². The highest BCUT2D eigenvalue weighted by molar-refractivity contribution is 7.45. The first-order chi connectivity index (χ1) is 35.2. The van der Waals surface area contributed by atoms with Crippen molar-refractivity contribution in [2.24, 2.45) is 0 Å². The molecule has 0 bridgehead atoms. The van der Waals surface area contributed by atoms with Gasteiger partial charge in [0, 0.05) is 11.1 Å². The molecule has 5 nitrogen and oxygen atoms in total. The second-order valence-corrected chi connectivity index (χ2v) is 19.1. The fourth-order valence-corrected chi connectivity index (χ4v) is 9.72. The Labute approximate surface area is 423 Å². The molecule has 0 amide bonds. The van der Waals surface area contributed by atoms with Crippen LogP contribution in [-0.2, 0) is 43.1 Å². The minimum atomic E-state index is -4.64. The van der Waals surface area contributed by atoms with Crippen LogP contribution in [0.5, 0.6) is 11.5 Å². The fourth-order valence-electron chi connectivity index (χ4n) is 9.72. The highest BCUT2D eigenvalue weighted by atomic mass is 31.2. The van der Waals surface area contributed by atoms with Crippen LogP contribution >= 0.6 is 7.82 Å². The summed E-state index contributed by atoms with van der Waals surface area (Å²) in [5.41, 5.74) is 20.0. The SMILES string of the molecule is O=P(O)(O)O.c1ccc(Cc2cc(Oc3cc(Cc4ccccc4)c(Cc4ccccc4)c(Cc4ccccc4)c3-c3ccccc3)c(-c3ccccc3)c(Cc3ccccc3)c2Cc2ccccc2)cc1. The van der Waals surface area contributed by atoms with Gasteiger partial charge in [-0.15, -0.1) is 0 Å². The Kier molecular flexibility index (Phi) is 16.2. The summed E-state index contributed by atoms with van der Waals surface area (Å²) in [6.07, 6.45) is 4.67. The minimum absolute atomic E-state index is 0.756. The maximum atomic E-state index is 8.88. The number of ether oxygens (including phenoxy) is 1. The summed E-state index contributed by atoms with van der Waals surface area (Å²) < 4.78 is 16.8. The van der Waals surface area contributed by atoms with Crippen molar-refractivity contribution in [3.8, 4) is 33.8 Å². The summed E-state index contributed by atoms with van der Waals surface area (Å²) in [6.45, 7) is 0. The molecule has 0 atom stereocenters. The normalized spacial score (nSPS) is 11.1. The number of hydrogen-bond donors (Lipinski definition) is 3. The van der Waals surface area contributed by atoms with Crippen LogP contribution in [0.15, 0.2) is 255 Å². The van der Waals surface area contributed by atoms with Crippen molar-refractivity contribution in [3.05, 3.63) is 322 Å². The third-order valence-electron chi connectivity index (χ3n) is 12.9. The van der Waals surface area contributed by atoms with Crippen LogP contribution in [0.3, 0.4) is 0 Å². The molecule has 10 aromatic carbocycles. The molecule has 0 radical (unpaired) electrons. The van der Waals surface area contributed by atoms with Gasteiger partial charge in [-0.3, -0.25) is 0 Å². The van der Waals surface area contributed by atoms with Crippen LogP contribution in [0.4, 0.5) is 0 Å². The van der Waals surface area contributed by atoms with E-state index in [0.717, 1.165) is 72.3 Å². The van der Waals surface area contributed by atoms with Gasteiger partial charge >= 0.3 is 7.82 Å². The molecule has 0 fully saturated rings. The Balaban J connectivity index is 0.00000122. The molecule has 10 rings (SSSR count). The Morgan fingerprint density at radius 3 is 0.750 bits per heavy atom. The lowest BCUT2D eigenvalue weighted by atomic mass is 9.82. The molecule has 6 heteroatoms. The van der Waals surface area contributed by atoms with Crippen molar-refractivity contribution in [2.45, 2.75) is 38.5 Å². The molecule has 356 valence electrons. The molecular formula is C66H57O5P. The predicted molar refractivity (Wildman–Crippen MR) is 294 cm³/mol. The molecule has 10 aromatic rings. The summed E-state index contributed by atoms with van der Waals surface area (Å²) in [5, 5.41) is 0. The first-order valence-electron chi connectivity index (χ1n) is 24.4. The zero-order chi connectivity index (χ0) is 49.5. The molecule has 72 heavy (non-hydrogen) atoms. The van der Waals surface area contributed by atoms with Crippen LogP contribution in [0.25, 0.3) is 22.3 Å². The second-order valence-electron chi connectivity index (χ2n) is 18.1. The van der Waals surface area contributed by atoms with Gasteiger partial charge in [0.05, 0.1) is 0 Å². The predicted octanol–water partition coefficient (Wildman–Crippen LogP) is 15.4. The van der Waals surface area contributed by atoms with Gasteiger partial charge in [-0.25, -0.2) is 4.57 Å². The zero-order valence-electron chi connectivity index (χ0n) is 40.1. The van der Waals surface area contributed by atoms with Gasteiger partial charge in [0.25, 0.3) is 0 Å². The molecule has 0 unspecified atom stereocenters. The highest BCUT2D eigenvalue weighted by Crippen LogP contribution is 2.47. The lowest BCUT2D eigenvalue weighted by molar-refractivity contribution is 0.275. The average Bonchev–Trinajstić information content (AvgIpc) is 3.40. The lowest BCUT2D eigenvalue weighted by Crippen LogP contribution is -2.10. The maximum absolute atomic E-state index is 8.88. The minimum Gasteiger partial charge on any atom is -0.456 e. The first kappa shape index (κ1) is 49.1. The summed E-state index contributed by atoms with van der Waals surface area (Å²) in [4.78, 5) is 21.6. The molecule has 0 spiro atoms. The third-order valence-corrected chi connectivity index (χ3v) is 12.9. The van der Waals surface area contributed by atoms with Crippen molar-refractivity contribution in [1.82, 2.24) is 0 Å². The number of phosphoric acid groups is 1. The van der Waals surface area contributed by atoms with Crippen LogP contribution in [0, 0.1) is 0 Å². The van der Waals surface area contributed by atoms with E-state index in [1.54, 1.807) is 0 Å². The van der Waals surface area contributed by atoms with Gasteiger partial charge in [-0.1, -0.05) is 243 Å². The van der Waals surface area contributed by atoms with Gasteiger partial charge in [0.15, 0.2) is 0 Å². The van der Waals surface area contributed by atoms with E-state index in [4.69, 9.17) is 24.0 Å². The van der Waals surface area contributed by atoms with Crippen LogP contribution in [0.1, 0.15) is 66.8 Å². The number of benzene rings is 10. The standard InChI is InChI=1S/C66H54O.H3O4P/c1-9-25-49(26-10-1)41-57-47-63(65(55-37-21-7-22-38-55)61(45-53-33-17-5-18-34-53)59(57)43-51-29-13-3-14-30-51)67-64-48-58(42-50-27-11-2-12-28-50)60(44-52-31-15-4-16-32-52)62(46-54-35-19-6-20-36-54)66(64)56-39-23-8-24-40-56;1-5(2,3)4/h1-40,47-48H,41-46H2;(H3,1,2,3,4). The van der Waals surface area contributed by atoms with E-state index in [-0.39, 0.29) is 0 Å². The molecule has 0 aliphatic rings. The van der Waals surface area contributed by atoms with Gasteiger partial charge in [0.2, 0.25) is 0 Å². The monoisotopic (exact) mass is 960 g/mol. The molecule has 0 aromatic heterocycles. The number of hydrogen-bond acceptors (Lipinski definition) is 2. The molecule has 0 aliphatic heterocycles. The van der Waals surface area contributed by atoms with E-state index in [0.29, 0.717) is 0 Å². The Hall–Kier alpha value is -7.89. The van der Waals surface area contributed by atoms with Crippen LogP contribution < -0.4 is 4.74 Å². The smallest absolute Gasteiger partial charge is 0.456 e. The molecule has 0 aliphatic carbocycles. The average molecular weight is 961 g/mol. The van der Waals surface area contributed by atoms with Gasteiger partial charge in [-0.05, 0) is 129 Å². The molecular weight excluding hydrogens is 904 g/mol. The quantitative estimate of drug-likeness (QED) is 0.0840. The summed E-state index contributed by atoms with van der Waals surface area (Å²) in [7, 11) is -4.64. The van der Waals surface area contributed by atoms with Crippen molar-refractivity contribution in [3.63, 3.8) is 0 Å². The molecule has 0 heterocycles. The van der Waals surface area contributed by atoms with Crippen LogP contribution in [-0.4, -0.2) is 14.7 Å². The van der Waals surface area contributed by atoms with Crippen molar-refractivity contribution in [1.29, 1.82) is 0 Å². The largest absolute Gasteiger partial charge is 0.466 e. The van der Waals surface area contributed by atoms with Crippen LogP contribution in [0.2, 0.25) is 0 Å². The Morgan fingerprint density at radius 1 is 0.292 bits per heavy atom. The van der Waals surface area contributed by atoms with Gasteiger partial charge < -0.3 is 19.4 Å². The van der Waals surface area contributed by atoms with E-state index in [1.165, 1.54) is 66.8 Å². The Bertz CT molecular complexity index is 3110. The van der Waals surface area contributed by atoms with E-state index in [1.807, 2.05) is 0 Å². The third kappa shape index (κ3) is 13.3. The fraction of sp³-hybridized carbons (Fsp3) is 0.0909. The van der Waals surface area contributed by atoms with E-state index in [9.17, 15) is 0 Å². The lowest BCUT2D eigenvalue weighted by Gasteiger charge is -2.27.